The molecule has 0 unspecified atom stereocenters. The van der Waals surface area contributed by atoms with Crippen LogP contribution in [0.1, 0.15) is 48.3 Å². The highest BCUT2D eigenvalue weighted by atomic mass is 28.3. The number of fused-ring (bicyclic) bond motifs is 1. The van der Waals surface area contributed by atoms with E-state index in [2.05, 4.69) is 65.6 Å². The number of hydrogen-bond acceptors (Lipinski definition) is 6. The van der Waals surface area contributed by atoms with E-state index >= 15 is 0 Å². The van der Waals surface area contributed by atoms with Gasteiger partial charge in [-0.15, -0.1) is 5.54 Å². The van der Waals surface area contributed by atoms with Gasteiger partial charge in [0.05, 0.1) is 19.3 Å². The van der Waals surface area contributed by atoms with Crippen LogP contribution in [0.25, 0.3) is 11.5 Å². The molecule has 194 valence electrons. The molecule has 37 heavy (non-hydrogen) atoms. The van der Waals surface area contributed by atoms with Gasteiger partial charge in [-0.2, -0.15) is 4.98 Å². The van der Waals surface area contributed by atoms with Crippen molar-refractivity contribution in [1.82, 2.24) is 20.4 Å². The molecule has 0 bridgehead atoms. The molecule has 1 amide bonds. The molecule has 2 aromatic carbocycles. The number of aromatic nitrogens is 2. The molecule has 0 saturated carbocycles. The fraction of sp³-hybridized carbons (Fsp3) is 0.414. The average Bonchev–Trinajstić information content (AvgIpc) is 3.32. The van der Waals surface area contributed by atoms with Crippen molar-refractivity contribution in [2.75, 3.05) is 13.7 Å². The first kappa shape index (κ1) is 26.6. The van der Waals surface area contributed by atoms with E-state index in [0.29, 0.717) is 18.1 Å². The monoisotopic (exact) mass is 516 g/mol. The molecule has 1 aliphatic heterocycles. The minimum atomic E-state index is -1.73. The molecule has 0 fully saturated rings. The lowest BCUT2D eigenvalue weighted by Gasteiger charge is -2.43. The van der Waals surface area contributed by atoms with Crippen molar-refractivity contribution >= 4 is 14.0 Å². The van der Waals surface area contributed by atoms with Crippen molar-refractivity contribution in [1.29, 1.82) is 0 Å². The summed E-state index contributed by atoms with van der Waals surface area (Å²) in [6.45, 7) is 11.2. The molecule has 3 aromatic rings. The zero-order valence-electron chi connectivity index (χ0n) is 22.6. The molecular formula is C29H36N4O3Si. The smallest absolute Gasteiger partial charge is 0.299 e. The number of unbranched alkanes of at least 4 members (excludes halogenated alkanes) is 1. The lowest BCUT2D eigenvalue weighted by molar-refractivity contribution is -0.130. The van der Waals surface area contributed by atoms with E-state index in [4.69, 9.17) is 9.26 Å². The summed E-state index contributed by atoms with van der Waals surface area (Å²) in [7, 11) is -0.0546. The number of amides is 1. The van der Waals surface area contributed by atoms with Gasteiger partial charge >= 0.3 is 0 Å². The average molecular weight is 517 g/mol. The first-order valence-electron chi connectivity index (χ1n) is 12.9. The number of nitrogens with one attached hydrogen (secondary N) is 1. The quantitative estimate of drug-likeness (QED) is 0.267. The third kappa shape index (κ3) is 6.30. The predicted molar refractivity (Wildman–Crippen MR) is 148 cm³/mol. The Morgan fingerprint density at radius 2 is 1.97 bits per heavy atom. The molecule has 1 aliphatic rings. The highest BCUT2D eigenvalue weighted by Gasteiger charge is 2.38. The minimum absolute atomic E-state index is 0.153. The summed E-state index contributed by atoms with van der Waals surface area (Å²) >= 11 is 0. The number of methoxy groups -OCH3 is 1. The van der Waals surface area contributed by atoms with Crippen molar-refractivity contribution in [2.45, 2.75) is 65.0 Å². The maximum atomic E-state index is 13.8. The Labute approximate surface area is 220 Å². The summed E-state index contributed by atoms with van der Waals surface area (Å²) < 4.78 is 10.9. The standard InChI is InChI=1S/C29H36N4O3Si/c1-7-8-16-30-26-19-23-18-24(35-3)13-14-25(23)28(33(26)27(34)15-17-37(4,5)6)21-9-11-22(12-10-21)29-31-20(2)32-36-29/h9-14,18,26,28,30H,7-8,16,19H2,1-6H3/t26-,28+/m1/s1. The largest absolute Gasteiger partial charge is 0.497 e. The zero-order valence-corrected chi connectivity index (χ0v) is 23.6. The van der Waals surface area contributed by atoms with Crippen molar-refractivity contribution in [3.8, 4) is 28.7 Å². The third-order valence-corrected chi connectivity index (χ3v) is 7.24. The van der Waals surface area contributed by atoms with Gasteiger partial charge in [0, 0.05) is 12.0 Å². The molecule has 7 nitrogen and oxygen atoms in total. The van der Waals surface area contributed by atoms with E-state index in [-0.39, 0.29) is 18.1 Å². The van der Waals surface area contributed by atoms with Gasteiger partial charge in [0.1, 0.15) is 13.8 Å². The molecule has 1 N–H and O–H groups in total. The SMILES string of the molecule is CCCCN[C@H]1Cc2cc(OC)ccc2[C@H](c2ccc(-c3nc(C)no3)cc2)N1C(=O)C#C[Si](C)(C)C. The second kappa shape index (κ2) is 11.3. The summed E-state index contributed by atoms with van der Waals surface area (Å²) in [5, 5.41) is 7.54. The summed E-state index contributed by atoms with van der Waals surface area (Å²) in [4.78, 5) is 20.0. The highest BCUT2D eigenvalue weighted by molar-refractivity contribution is 6.84. The number of hydrogen-bond donors (Lipinski definition) is 1. The first-order chi connectivity index (χ1) is 17.7. The molecule has 0 aliphatic carbocycles. The Morgan fingerprint density at radius 3 is 2.59 bits per heavy atom. The van der Waals surface area contributed by atoms with Crippen LogP contribution in [0.5, 0.6) is 5.75 Å². The number of carbonyl (C=O) groups is 1. The lowest BCUT2D eigenvalue weighted by Crippen LogP contribution is -2.54. The number of benzene rings is 2. The fourth-order valence-corrected chi connectivity index (χ4v) is 5.01. The summed E-state index contributed by atoms with van der Waals surface area (Å²) in [5.74, 6) is 4.73. The van der Waals surface area contributed by atoms with Crippen LogP contribution < -0.4 is 10.1 Å². The van der Waals surface area contributed by atoms with Crippen molar-refractivity contribution in [3.63, 3.8) is 0 Å². The molecule has 0 radical (unpaired) electrons. The highest BCUT2D eigenvalue weighted by Crippen LogP contribution is 2.39. The maximum Gasteiger partial charge on any atom is 0.299 e. The number of aryl methyl sites for hydroxylation is 1. The Morgan fingerprint density at radius 1 is 1.22 bits per heavy atom. The Hall–Kier alpha value is -3.41. The van der Waals surface area contributed by atoms with Crippen LogP contribution in [0.4, 0.5) is 0 Å². The molecule has 8 heteroatoms. The summed E-state index contributed by atoms with van der Waals surface area (Å²) in [6.07, 6.45) is 2.62. The van der Waals surface area contributed by atoms with Crippen molar-refractivity contribution in [2.24, 2.45) is 0 Å². The molecule has 2 heterocycles. The molecular weight excluding hydrogens is 480 g/mol. The number of rotatable bonds is 7. The molecule has 2 atom stereocenters. The normalized spacial score (nSPS) is 17.1. The maximum absolute atomic E-state index is 13.8. The van der Waals surface area contributed by atoms with E-state index in [1.807, 2.05) is 35.2 Å². The number of ether oxygens (including phenoxy) is 1. The van der Waals surface area contributed by atoms with E-state index in [9.17, 15) is 4.79 Å². The number of carbonyl (C=O) groups excluding carboxylic acids is 1. The van der Waals surface area contributed by atoms with E-state index in [0.717, 1.165) is 47.4 Å². The van der Waals surface area contributed by atoms with Gasteiger partial charge in [-0.25, -0.2) is 0 Å². The topological polar surface area (TPSA) is 80.5 Å². The van der Waals surface area contributed by atoms with Crippen LogP contribution in [0, 0.1) is 18.4 Å². The van der Waals surface area contributed by atoms with E-state index < -0.39 is 8.07 Å². The van der Waals surface area contributed by atoms with Crippen molar-refractivity contribution in [3.05, 3.63) is 65.0 Å². The summed E-state index contributed by atoms with van der Waals surface area (Å²) in [6, 6.07) is 13.8. The number of nitrogens with zero attached hydrogens (tertiary/aromatic N) is 3. The van der Waals surface area contributed by atoms with Crippen LogP contribution in [0.15, 0.2) is 47.0 Å². The van der Waals surface area contributed by atoms with Gasteiger partial charge in [0.2, 0.25) is 0 Å². The van der Waals surface area contributed by atoms with Crippen LogP contribution >= 0.6 is 0 Å². The molecule has 0 spiro atoms. The van der Waals surface area contributed by atoms with Crippen LogP contribution in [-0.2, 0) is 11.2 Å². The van der Waals surface area contributed by atoms with Gasteiger partial charge < -0.3 is 14.2 Å². The van der Waals surface area contributed by atoms with Gasteiger partial charge in [0.25, 0.3) is 11.8 Å². The van der Waals surface area contributed by atoms with Gasteiger partial charge in [-0.1, -0.05) is 56.3 Å². The lowest BCUT2D eigenvalue weighted by atomic mass is 9.86. The summed E-state index contributed by atoms with van der Waals surface area (Å²) in [5.41, 5.74) is 7.36. The zero-order chi connectivity index (χ0) is 26.6. The Kier molecular flexibility index (Phi) is 8.15. The third-order valence-electron chi connectivity index (χ3n) is 6.36. The van der Waals surface area contributed by atoms with Gasteiger partial charge in [-0.3, -0.25) is 10.1 Å². The molecule has 1 aromatic heterocycles. The minimum Gasteiger partial charge on any atom is -0.497 e. The fourth-order valence-electron chi connectivity index (χ4n) is 4.53. The van der Waals surface area contributed by atoms with Crippen LogP contribution in [-0.4, -0.2) is 48.8 Å². The predicted octanol–water partition coefficient (Wildman–Crippen LogP) is 5.12. The first-order valence-corrected chi connectivity index (χ1v) is 16.4. The van der Waals surface area contributed by atoms with E-state index in [1.165, 1.54) is 0 Å². The van der Waals surface area contributed by atoms with Crippen LogP contribution in [0.2, 0.25) is 19.6 Å². The molecule has 4 rings (SSSR count). The molecule has 0 saturated heterocycles. The second-order valence-electron chi connectivity index (χ2n) is 10.5. The second-order valence-corrected chi connectivity index (χ2v) is 15.2. The van der Waals surface area contributed by atoms with E-state index in [1.54, 1.807) is 14.0 Å². The van der Waals surface area contributed by atoms with Gasteiger partial charge in [-0.05, 0) is 66.8 Å². The van der Waals surface area contributed by atoms with Crippen LogP contribution in [0.3, 0.4) is 0 Å². The van der Waals surface area contributed by atoms with Gasteiger partial charge in [0.15, 0.2) is 5.82 Å². The Bertz CT molecular complexity index is 1300. The Balaban J connectivity index is 1.81. The van der Waals surface area contributed by atoms with Crippen molar-refractivity contribution < 1.29 is 14.1 Å².